The first-order valence-electron chi connectivity index (χ1n) is 15.4. The normalized spacial score (nSPS) is 21.1. The number of hydrogen-bond acceptors (Lipinski definition) is 7. The van der Waals surface area contributed by atoms with Crippen LogP contribution in [0.25, 0.3) is 11.3 Å². The zero-order valence-electron chi connectivity index (χ0n) is 25.7. The maximum absolute atomic E-state index is 13.9. The smallest absolute Gasteiger partial charge is 0.418 e. The number of hydrogen-bond donors (Lipinski definition) is 2. The Morgan fingerprint density at radius 3 is 2.55 bits per heavy atom. The van der Waals surface area contributed by atoms with Crippen LogP contribution in [0.15, 0.2) is 48.7 Å². The van der Waals surface area contributed by atoms with E-state index in [0.717, 1.165) is 17.0 Å². The zero-order valence-corrected chi connectivity index (χ0v) is 25.7. The van der Waals surface area contributed by atoms with Crippen molar-refractivity contribution in [2.75, 3.05) is 42.6 Å². The molecule has 248 valence electrons. The lowest BCUT2D eigenvalue weighted by molar-refractivity contribution is -0.137. The summed E-state index contributed by atoms with van der Waals surface area (Å²) >= 11 is 0. The first kappa shape index (κ1) is 32.0. The molecule has 47 heavy (non-hydrogen) atoms. The van der Waals surface area contributed by atoms with Gasteiger partial charge in [-0.25, -0.2) is 19.2 Å². The van der Waals surface area contributed by atoms with Crippen LogP contribution in [0.1, 0.15) is 42.7 Å². The minimum atomic E-state index is -4.87. The number of aromatic nitrogens is 2. The van der Waals surface area contributed by atoms with Crippen molar-refractivity contribution in [3.05, 3.63) is 65.7 Å². The molecule has 0 saturated carbocycles. The average molecular weight is 656 g/mol. The van der Waals surface area contributed by atoms with E-state index >= 15 is 0 Å². The van der Waals surface area contributed by atoms with E-state index in [4.69, 9.17) is 9.72 Å². The van der Waals surface area contributed by atoms with Crippen LogP contribution in [0, 0.1) is 5.82 Å². The van der Waals surface area contributed by atoms with E-state index in [1.54, 1.807) is 30.5 Å². The maximum atomic E-state index is 13.9. The Balaban J connectivity index is 1.36. The quantitative estimate of drug-likeness (QED) is 0.349. The molecule has 15 heteroatoms. The third-order valence-corrected chi connectivity index (χ3v) is 8.63. The second-order valence-corrected chi connectivity index (χ2v) is 11.6. The third-order valence-electron chi connectivity index (χ3n) is 8.63. The summed E-state index contributed by atoms with van der Waals surface area (Å²) in [6, 6.07) is 7.39. The van der Waals surface area contributed by atoms with E-state index in [9.17, 15) is 31.9 Å². The summed E-state index contributed by atoms with van der Waals surface area (Å²) in [6.07, 6.45) is -2.62. The molecule has 4 amide bonds. The van der Waals surface area contributed by atoms with Gasteiger partial charge in [0.15, 0.2) is 5.69 Å². The molecule has 3 saturated heterocycles. The Hall–Kier alpha value is -4.95. The largest absolute Gasteiger partial charge is 0.477 e. The summed E-state index contributed by atoms with van der Waals surface area (Å²) in [4.78, 5) is 52.8. The standard InChI is InChI=1S/C32H33F4N7O4/c1-3-20-15-42-21(17-43(31(42)46)25-9-7-18(33)12-23(25)32(34,35)36)16-41(20)26-10-8-24(22-6-5-11-37-30(22)47-4-2)40-28(26)29(45)39-19-13-27(44)38-14-19/h5-12,19-21H,3-4,13-17H2,1-2H3,(H,38,44)(H,39,45)/t19-,20-,21+/m1/s1. The average Bonchev–Trinajstić information content (AvgIpc) is 3.61. The van der Waals surface area contributed by atoms with Gasteiger partial charge in [-0.2, -0.15) is 13.2 Å². The molecule has 5 heterocycles. The summed E-state index contributed by atoms with van der Waals surface area (Å²) in [6.45, 7) is 4.68. The molecule has 0 radical (unpaired) electrons. The van der Waals surface area contributed by atoms with Crippen LogP contribution in [0.2, 0.25) is 0 Å². The molecule has 11 nitrogen and oxygen atoms in total. The van der Waals surface area contributed by atoms with Crippen molar-refractivity contribution in [3.8, 4) is 17.1 Å². The molecule has 1 aromatic carbocycles. The van der Waals surface area contributed by atoms with Gasteiger partial charge in [0.1, 0.15) is 5.82 Å². The molecule has 3 fully saturated rings. The van der Waals surface area contributed by atoms with Crippen molar-refractivity contribution in [1.82, 2.24) is 25.5 Å². The molecule has 2 N–H and O–H groups in total. The maximum Gasteiger partial charge on any atom is 0.418 e. The Bertz CT molecular complexity index is 1700. The number of carbonyl (C=O) groups excluding carboxylic acids is 3. The van der Waals surface area contributed by atoms with Crippen LogP contribution >= 0.6 is 0 Å². The fraction of sp³-hybridized carbons (Fsp3) is 0.406. The van der Waals surface area contributed by atoms with Crippen molar-refractivity contribution in [2.45, 2.75) is 51.0 Å². The molecule has 0 spiro atoms. The van der Waals surface area contributed by atoms with Gasteiger partial charge in [0.05, 0.1) is 46.9 Å². The number of carbonyl (C=O) groups is 3. The molecule has 0 bridgehead atoms. The summed E-state index contributed by atoms with van der Waals surface area (Å²) < 4.78 is 61.2. The molecule has 2 aromatic heterocycles. The highest BCUT2D eigenvalue weighted by Gasteiger charge is 2.47. The zero-order chi connectivity index (χ0) is 33.5. The molecular formula is C32H33F4N7O4. The number of urea groups is 1. The number of pyridine rings is 2. The number of halogens is 4. The lowest BCUT2D eigenvalue weighted by Gasteiger charge is -2.44. The Labute approximate surface area is 267 Å². The van der Waals surface area contributed by atoms with Gasteiger partial charge in [-0.3, -0.25) is 14.5 Å². The number of ether oxygens (including phenoxy) is 1. The lowest BCUT2D eigenvalue weighted by atomic mass is 10.0. The van der Waals surface area contributed by atoms with Crippen LogP contribution < -0.4 is 25.2 Å². The van der Waals surface area contributed by atoms with Gasteiger partial charge in [-0.15, -0.1) is 0 Å². The Kier molecular flexibility index (Phi) is 8.64. The highest BCUT2D eigenvalue weighted by Crippen LogP contribution is 2.40. The van der Waals surface area contributed by atoms with E-state index in [1.165, 1.54) is 4.90 Å². The number of rotatable bonds is 8. The fourth-order valence-electron chi connectivity index (χ4n) is 6.40. The topological polar surface area (TPSA) is 120 Å². The van der Waals surface area contributed by atoms with Crippen molar-refractivity contribution in [2.24, 2.45) is 0 Å². The van der Waals surface area contributed by atoms with Gasteiger partial charge in [-0.05, 0) is 55.8 Å². The Morgan fingerprint density at radius 1 is 1.06 bits per heavy atom. The molecule has 0 unspecified atom stereocenters. The summed E-state index contributed by atoms with van der Waals surface area (Å²) in [5.41, 5.74) is -0.0812. The fourth-order valence-corrected chi connectivity index (χ4v) is 6.40. The summed E-state index contributed by atoms with van der Waals surface area (Å²) in [5, 5.41) is 5.59. The number of nitrogens with one attached hydrogen (secondary N) is 2. The second-order valence-electron chi connectivity index (χ2n) is 11.6. The van der Waals surface area contributed by atoms with Crippen molar-refractivity contribution in [3.63, 3.8) is 0 Å². The second kappa shape index (κ2) is 12.7. The van der Waals surface area contributed by atoms with Crippen LogP contribution in [-0.4, -0.2) is 83.6 Å². The van der Waals surface area contributed by atoms with E-state index in [2.05, 4.69) is 15.6 Å². The minimum Gasteiger partial charge on any atom is -0.477 e. The lowest BCUT2D eigenvalue weighted by Crippen LogP contribution is -2.58. The molecule has 0 aliphatic carbocycles. The molecule has 3 aliphatic rings. The van der Waals surface area contributed by atoms with Gasteiger partial charge in [0.2, 0.25) is 11.8 Å². The highest BCUT2D eigenvalue weighted by atomic mass is 19.4. The van der Waals surface area contributed by atoms with E-state index in [0.29, 0.717) is 41.9 Å². The molecular weight excluding hydrogens is 622 g/mol. The van der Waals surface area contributed by atoms with Crippen LogP contribution in [0.5, 0.6) is 5.88 Å². The monoisotopic (exact) mass is 655 g/mol. The number of nitrogens with zero attached hydrogens (tertiary/aromatic N) is 5. The number of alkyl halides is 3. The first-order chi connectivity index (χ1) is 22.5. The highest BCUT2D eigenvalue weighted by molar-refractivity contribution is 6.00. The van der Waals surface area contributed by atoms with E-state index < -0.39 is 47.3 Å². The van der Waals surface area contributed by atoms with E-state index in [-0.39, 0.29) is 50.2 Å². The number of fused-ring (bicyclic) bond motifs is 1. The van der Waals surface area contributed by atoms with Gasteiger partial charge in [-0.1, -0.05) is 6.92 Å². The first-order valence-corrected chi connectivity index (χ1v) is 15.4. The molecule has 3 aromatic rings. The third kappa shape index (κ3) is 6.25. The molecule has 3 atom stereocenters. The Morgan fingerprint density at radius 2 is 1.85 bits per heavy atom. The number of benzene rings is 1. The van der Waals surface area contributed by atoms with Crippen molar-refractivity contribution in [1.29, 1.82) is 0 Å². The molecule has 3 aliphatic heterocycles. The summed E-state index contributed by atoms with van der Waals surface area (Å²) in [7, 11) is 0. The minimum absolute atomic E-state index is 0.0726. The van der Waals surface area contributed by atoms with E-state index in [1.807, 2.05) is 18.7 Å². The van der Waals surface area contributed by atoms with Gasteiger partial charge in [0.25, 0.3) is 5.91 Å². The van der Waals surface area contributed by atoms with Gasteiger partial charge in [0, 0.05) is 44.8 Å². The SMILES string of the molecule is CCOc1ncccc1-c1ccc(N2C[C@H]3CN(c4ccc(F)cc4C(F)(F)F)C(=O)N3C[C@H]2CC)c(C(=O)N[C@H]2CNC(=O)C2)n1. The van der Waals surface area contributed by atoms with Crippen LogP contribution in [0.4, 0.5) is 33.7 Å². The van der Waals surface area contributed by atoms with Crippen molar-refractivity contribution >= 4 is 29.2 Å². The predicted octanol–water partition coefficient (Wildman–Crippen LogP) is 4.23. The number of anilines is 2. The van der Waals surface area contributed by atoms with Crippen LogP contribution in [0.3, 0.4) is 0 Å². The molecule has 6 rings (SSSR count). The number of piperazine rings is 1. The van der Waals surface area contributed by atoms with Gasteiger partial charge >= 0.3 is 12.2 Å². The number of amides is 4. The van der Waals surface area contributed by atoms with Gasteiger partial charge < -0.3 is 25.2 Å². The van der Waals surface area contributed by atoms with Crippen LogP contribution in [-0.2, 0) is 11.0 Å². The van der Waals surface area contributed by atoms with Crippen molar-refractivity contribution < 1.29 is 36.7 Å². The summed E-state index contributed by atoms with van der Waals surface area (Å²) in [5.74, 6) is -1.40. The predicted molar refractivity (Wildman–Crippen MR) is 164 cm³/mol.